The maximum atomic E-state index is 11.6. The van der Waals surface area contributed by atoms with Crippen molar-refractivity contribution in [3.8, 4) is 0 Å². The number of nitrogens with two attached hydrogens (primary N) is 1. The van der Waals surface area contributed by atoms with Gasteiger partial charge in [0, 0.05) is 0 Å². The summed E-state index contributed by atoms with van der Waals surface area (Å²) >= 11 is 0. The molecule has 4 heteroatoms. The van der Waals surface area contributed by atoms with E-state index in [-0.39, 0.29) is 24.6 Å². The molecule has 1 aliphatic rings. The quantitative estimate of drug-likeness (QED) is 0.673. The predicted octanol–water partition coefficient (Wildman–Crippen LogP) is 1.08. The van der Waals surface area contributed by atoms with Crippen molar-refractivity contribution in [2.24, 2.45) is 11.7 Å². The molecule has 2 unspecified atom stereocenters. The summed E-state index contributed by atoms with van der Waals surface area (Å²) in [5.74, 6) is -0.123. The van der Waals surface area contributed by atoms with E-state index in [1.54, 1.807) is 0 Å². The van der Waals surface area contributed by atoms with Gasteiger partial charge in [0.2, 0.25) is 0 Å². The number of carbonyl (C=O) groups excluding carboxylic acids is 1. The summed E-state index contributed by atoms with van der Waals surface area (Å²) in [6.07, 6.45) is 3.05. The Morgan fingerprint density at radius 1 is 1.60 bits per heavy atom. The van der Waals surface area contributed by atoms with Crippen LogP contribution in [0.1, 0.15) is 33.1 Å². The van der Waals surface area contributed by atoms with Gasteiger partial charge < -0.3 is 15.2 Å². The van der Waals surface area contributed by atoms with Gasteiger partial charge in [-0.05, 0) is 32.1 Å². The summed E-state index contributed by atoms with van der Waals surface area (Å²) in [6.45, 7) is 4.28. The monoisotopic (exact) mass is 215 g/mol. The first kappa shape index (κ1) is 12.5. The maximum absolute atomic E-state index is 11.6. The largest absolute Gasteiger partial charge is 0.468 e. The van der Waals surface area contributed by atoms with Gasteiger partial charge >= 0.3 is 5.97 Å². The number of ether oxygens (including phenoxy) is 2. The van der Waals surface area contributed by atoms with Crippen molar-refractivity contribution in [3.05, 3.63) is 0 Å². The topological polar surface area (TPSA) is 61.5 Å². The van der Waals surface area contributed by atoms with E-state index in [0.717, 1.165) is 19.3 Å². The SMILES string of the molecule is CCC(C)OCC(N)(C(=O)OC)C1CC1. The van der Waals surface area contributed by atoms with Gasteiger partial charge in [0.25, 0.3) is 0 Å². The Bertz CT molecular complexity index is 228. The van der Waals surface area contributed by atoms with Crippen LogP contribution in [0.4, 0.5) is 0 Å². The van der Waals surface area contributed by atoms with Crippen LogP contribution in [0.5, 0.6) is 0 Å². The summed E-state index contributed by atoms with van der Waals surface area (Å²) in [5.41, 5.74) is 5.13. The van der Waals surface area contributed by atoms with Gasteiger partial charge in [0.15, 0.2) is 0 Å². The fraction of sp³-hybridized carbons (Fsp3) is 0.909. The second-order valence-electron chi connectivity index (χ2n) is 4.34. The molecule has 1 aliphatic carbocycles. The zero-order valence-electron chi connectivity index (χ0n) is 9.79. The van der Waals surface area contributed by atoms with Crippen molar-refractivity contribution >= 4 is 5.97 Å². The van der Waals surface area contributed by atoms with E-state index in [1.807, 2.05) is 13.8 Å². The lowest BCUT2D eigenvalue weighted by molar-refractivity contribution is -0.151. The number of carbonyl (C=O) groups is 1. The molecule has 15 heavy (non-hydrogen) atoms. The lowest BCUT2D eigenvalue weighted by Crippen LogP contribution is -2.55. The highest BCUT2D eigenvalue weighted by molar-refractivity contribution is 5.81. The molecule has 1 saturated carbocycles. The van der Waals surface area contributed by atoms with Crippen LogP contribution in [-0.2, 0) is 14.3 Å². The molecule has 0 aromatic rings. The number of hydrogen-bond donors (Lipinski definition) is 1. The molecular weight excluding hydrogens is 194 g/mol. The Labute approximate surface area is 91.1 Å². The van der Waals surface area contributed by atoms with Crippen LogP contribution in [-0.4, -0.2) is 31.3 Å². The highest BCUT2D eigenvalue weighted by Crippen LogP contribution is 2.39. The second-order valence-corrected chi connectivity index (χ2v) is 4.34. The molecule has 88 valence electrons. The summed E-state index contributed by atoms with van der Waals surface area (Å²) in [4.78, 5) is 11.6. The Balaban J connectivity index is 2.53. The fourth-order valence-corrected chi connectivity index (χ4v) is 1.53. The Morgan fingerprint density at radius 3 is 2.60 bits per heavy atom. The van der Waals surface area contributed by atoms with E-state index in [4.69, 9.17) is 15.2 Å². The van der Waals surface area contributed by atoms with Crippen molar-refractivity contribution in [1.29, 1.82) is 0 Å². The number of esters is 1. The molecule has 0 aromatic heterocycles. The van der Waals surface area contributed by atoms with Crippen LogP contribution in [0.15, 0.2) is 0 Å². The standard InChI is InChI=1S/C11H21NO3/c1-4-8(2)15-7-11(12,9-5-6-9)10(13)14-3/h8-9H,4-7,12H2,1-3H3. The number of methoxy groups -OCH3 is 1. The van der Waals surface area contributed by atoms with Crippen molar-refractivity contribution in [2.45, 2.75) is 44.8 Å². The second kappa shape index (κ2) is 4.94. The molecule has 1 fully saturated rings. The third-order valence-electron chi connectivity index (χ3n) is 3.05. The number of rotatable bonds is 6. The first-order chi connectivity index (χ1) is 7.04. The van der Waals surface area contributed by atoms with Gasteiger partial charge in [-0.25, -0.2) is 4.79 Å². The van der Waals surface area contributed by atoms with Crippen LogP contribution in [0.3, 0.4) is 0 Å². The highest BCUT2D eigenvalue weighted by atomic mass is 16.5. The molecule has 0 amide bonds. The molecule has 2 N–H and O–H groups in total. The van der Waals surface area contributed by atoms with E-state index in [1.165, 1.54) is 7.11 Å². The van der Waals surface area contributed by atoms with Crippen LogP contribution >= 0.6 is 0 Å². The van der Waals surface area contributed by atoms with Crippen molar-refractivity contribution in [2.75, 3.05) is 13.7 Å². The molecular formula is C11H21NO3. The van der Waals surface area contributed by atoms with E-state index in [9.17, 15) is 4.79 Å². The van der Waals surface area contributed by atoms with E-state index in [0.29, 0.717) is 0 Å². The van der Waals surface area contributed by atoms with Gasteiger partial charge in [-0.15, -0.1) is 0 Å². The average Bonchev–Trinajstić information content (AvgIpc) is 3.07. The van der Waals surface area contributed by atoms with Crippen molar-refractivity contribution in [3.63, 3.8) is 0 Å². The molecule has 0 spiro atoms. The molecule has 0 heterocycles. The van der Waals surface area contributed by atoms with E-state index >= 15 is 0 Å². The Kier molecular flexibility index (Phi) is 4.11. The Morgan fingerprint density at radius 2 is 2.20 bits per heavy atom. The molecule has 1 rings (SSSR count). The van der Waals surface area contributed by atoms with E-state index in [2.05, 4.69) is 0 Å². The summed E-state index contributed by atoms with van der Waals surface area (Å²) in [7, 11) is 1.37. The third-order valence-corrected chi connectivity index (χ3v) is 3.05. The molecule has 0 aliphatic heterocycles. The minimum Gasteiger partial charge on any atom is -0.468 e. The molecule has 0 bridgehead atoms. The zero-order chi connectivity index (χ0) is 11.5. The van der Waals surface area contributed by atoms with Gasteiger partial charge in [-0.2, -0.15) is 0 Å². The van der Waals surface area contributed by atoms with Crippen molar-refractivity contribution < 1.29 is 14.3 Å². The molecule has 2 atom stereocenters. The fourth-order valence-electron chi connectivity index (χ4n) is 1.53. The average molecular weight is 215 g/mol. The first-order valence-corrected chi connectivity index (χ1v) is 5.53. The molecule has 0 aromatic carbocycles. The van der Waals surface area contributed by atoms with Crippen LogP contribution in [0.2, 0.25) is 0 Å². The van der Waals surface area contributed by atoms with Crippen LogP contribution in [0.25, 0.3) is 0 Å². The maximum Gasteiger partial charge on any atom is 0.328 e. The highest BCUT2D eigenvalue weighted by Gasteiger charge is 2.49. The zero-order valence-corrected chi connectivity index (χ0v) is 9.79. The Hall–Kier alpha value is -0.610. The number of hydrogen-bond acceptors (Lipinski definition) is 4. The van der Waals surface area contributed by atoms with Gasteiger partial charge in [0.05, 0.1) is 19.8 Å². The van der Waals surface area contributed by atoms with Crippen LogP contribution in [0, 0.1) is 5.92 Å². The van der Waals surface area contributed by atoms with Crippen LogP contribution < -0.4 is 5.73 Å². The summed E-state index contributed by atoms with van der Waals surface area (Å²) in [5, 5.41) is 0. The minimum absolute atomic E-state index is 0.135. The molecule has 4 nitrogen and oxygen atoms in total. The van der Waals surface area contributed by atoms with E-state index < -0.39 is 5.54 Å². The smallest absolute Gasteiger partial charge is 0.328 e. The normalized spacial score (nSPS) is 21.9. The third kappa shape index (κ3) is 2.92. The predicted molar refractivity (Wildman–Crippen MR) is 57.4 cm³/mol. The first-order valence-electron chi connectivity index (χ1n) is 5.53. The van der Waals surface area contributed by atoms with Crippen molar-refractivity contribution in [1.82, 2.24) is 0 Å². The van der Waals surface area contributed by atoms with Gasteiger partial charge in [-0.3, -0.25) is 0 Å². The summed E-state index contributed by atoms with van der Waals surface area (Å²) in [6, 6.07) is 0. The van der Waals surface area contributed by atoms with Gasteiger partial charge in [0.1, 0.15) is 5.54 Å². The summed E-state index contributed by atoms with van der Waals surface area (Å²) < 4.78 is 10.3. The molecule has 0 saturated heterocycles. The lowest BCUT2D eigenvalue weighted by atomic mass is 9.96. The lowest BCUT2D eigenvalue weighted by Gasteiger charge is -2.27. The van der Waals surface area contributed by atoms with Gasteiger partial charge in [-0.1, -0.05) is 6.92 Å². The molecule has 0 radical (unpaired) electrons. The minimum atomic E-state index is -0.932.